The maximum atomic E-state index is 6.05. The fraction of sp³-hybridized carbons (Fsp3) is 0.182. The maximum absolute atomic E-state index is 6.05. The number of halogens is 1. The summed E-state index contributed by atoms with van der Waals surface area (Å²) < 4.78 is 1.76. The van der Waals surface area contributed by atoms with E-state index in [2.05, 4.69) is 5.10 Å². The van der Waals surface area contributed by atoms with E-state index < -0.39 is 0 Å². The molecule has 0 N–H and O–H groups in total. The third-order valence-corrected chi connectivity index (χ3v) is 2.40. The molecule has 0 spiro atoms. The molecule has 3 heteroatoms. The Bertz CT molecular complexity index is 460. The summed E-state index contributed by atoms with van der Waals surface area (Å²) in [5, 5.41) is 4.98. The number of aryl methyl sites for hydroxylation is 2. The van der Waals surface area contributed by atoms with Crippen LogP contribution in [0.2, 0.25) is 5.15 Å². The molecule has 1 aromatic carbocycles. The zero-order valence-corrected chi connectivity index (χ0v) is 8.92. The highest BCUT2D eigenvalue weighted by atomic mass is 35.5. The minimum atomic E-state index is 0.650. The van der Waals surface area contributed by atoms with Crippen LogP contribution in [0.15, 0.2) is 30.3 Å². The summed E-state index contributed by atoms with van der Waals surface area (Å²) in [6.07, 6.45) is 0. The topological polar surface area (TPSA) is 17.8 Å². The van der Waals surface area contributed by atoms with Crippen molar-refractivity contribution < 1.29 is 0 Å². The normalized spacial score (nSPS) is 10.5. The van der Waals surface area contributed by atoms with Crippen molar-refractivity contribution >= 4 is 11.6 Å². The van der Waals surface area contributed by atoms with Crippen LogP contribution in [0.3, 0.4) is 0 Å². The van der Waals surface area contributed by atoms with Gasteiger partial charge in [-0.05, 0) is 31.5 Å². The summed E-state index contributed by atoms with van der Waals surface area (Å²) in [5.41, 5.74) is 3.13. The largest absolute Gasteiger partial charge is 0.222 e. The van der Waals surface area contributed by atoms with E-state index in [0.29, 0.717) is 5.15 Å². The van der Waals surface area contributed by atoms with Gasteiger partial charge < -0.3 is 0 Å². The fourth-order valence-corrected chi connectivity index (χ4v) is 1.72. The molecule has 0 fully saturated rings. The predicted octanol–water partition coefficient (Wildman–Crippen LogP) is 3.14. The minimum Gasteiger partial charge on any atom is -0.222 e. The van der Waals surface area contributed by atoms with Crippen LogP contribution in [-0.2, 0) is 0 Å². The first-order chi connectivity index (χ1) is 6.68. The zero-order valence-electron chi connectivity index (χ0n) is 8.16. The molecule has 0 saturated heterocycles. The third-order valence-electron chi connectivity index (χ3n) is 2.13. The number of rotatable bonds is 1. The number of aromatic nitrogens is 2. The van der Waals surface area contributed by atoms with Gasteiger partial charge in [-0.15, -0.1) is 0 Å². The van der Waals surface area contributed by atoms with Gasteiger partial charge in [-0.3, -0.25) is 0 Å². The molecule has 0 amide bonds. The van der Waals surface area contributed by atoms with Crippen molar-refractivity contribution in [3.05, 3.63) is 46.7 Å². The van der Waals surface area contributed by atoms with Gasteiger partial charge in [0.1, 0.15) is 5.15 Å². The highest BCUT2D eigenvalue weighted by Crippen LogP contribution is 2.19. The molecule has 72 valence electrons. The summed E-state index contributed by atoms with van der Waals surface area (Å²) in [7, 11) is 0. The molecule has 2 aromatic rings. The third kappa shape index (κ3) is 1.53. The van der Waals surface area contributed by atoms with Crippen molar-refractivity contribution in [1.29, 1.82) is 0 Å². The smallest absolute Gasteiger partial charge is 0.133 e. The Labute approximate surface area is 88.1 Å². The van der Waals surface area contributed by atoms with Gasteiger partial charge >= 0.3 is 0 Å². The van der Waals surface area contributed by atoms with Crippen LogP contribution in [-0.4, -0.2) is 9.78 Å². The molecule has 0 atom stereocenters. The molecule has 1 aromatic heterocycles. The van der Waals surface area contributed by atoms with Gasteiger partial charge in [0.15, 0.2) is 0 Å². The summed E-state index contributed by atoms with van der Waals surface area (Å²) in [4.78, 5) is 0. The van der Waals surface area contributed by atoms with Crippen LogP contribution in [0.1, 0.15) is 11.3 Å². The molecular formula is C11H11ClN2. The highest BCUT2D eigenvalue weighted by Gasteiger charge is 2.06. The van der Waals surface area contributed by atoms with E-state index in [1.54, 1.807) is 4.68 Å². The average Bonchev–Trinajstić information content (AvgIpc) is 2.46. The molecule has 2 rings (SSSR count). The van der Waals surface area contributed by atoms with Crippen LogP contribution in [0.4, 0.5) is 0 Å². The Kier molecular flexibility index (Phi) is 2.30. The van der Waals surface area contributed by atoms with Crippen molar-refractivity contribution in [1.82, 2.24) is 9.78 Å². The zero-order chi connectivity index (χ0) is 10.1. The second kappa shape index (κ2) is 3.46. The van der Waals surface area contributed by atoms with Gasteiger partial charge in [0, 0.05) is 0 Å². The van der Waals surface area contributed by atoms with Crippen molar-refractivity contribution in [2.75, 3.05) is 0 Å². The predicted molar refractivity (Wildman–Crippen MR) is 58.0 cm³/mol. The lowest BCUT2D eigenvalue weighted by Crippen LogP contribution is -1.98. The maximum Gasteiger partial charge on any atom is 0.133 e. The Balaban J connectivity index is 2.60. The second-order valence-corrected chi connectivity index (χ2v) is 3.69. The average molecular weight is 207 g/mol. The van der Waals surface area contributed by atoms with E-state index >= 15 is 0 Å². The van der Waals surface area contributed by atoms with E-state index in [4.69, 9.17) is 11.6 Å². The van der Waals surface area contributed by atoms with Crippen LogP contribution < -0.4 is 0 Å². The molecule has 0 bridgehead atoms. The summed E-state index contributed by atoms with van der Waals surface area (Å²) >= 11 is 6.05. The van der Waals surface area contributed by atoms with Gasteiger partial charge in [0.25, 0.3) is 0 Å². The Morgan fingerprint density at radius 3 is 2.50 bits per heavy atom. The van der Waals surface area contributed by atoms with Gasteiger partial charge in [-0.2, -0.15) is 5.10 Å². The monoisotopic (exact) mass is 206 g/mol. The molecule has 2 nitrogen and oxygen atoms in total. The molecule has 0 radical (unpaired) electrons. The van der Waals surface area contributed by atoms with E-state index in [-0.39, 0.29) is 0 Å². The first-order valence-corrected chi connectivity index (χ1v) is 4.84. The number of nitrogens with zero attached hydrogens (tertiary/aromatic N) is 2. The minimum absolute atomic E-state index is 0.650. The molecular weight excluding hydrogens is 196 g/mol. The molecule has 0 aliphatic heterocycles. The Morgan fingerprint density at radius 2 is 1.93 bits per heavy atom. The lowest BCUT2D eigenvalue weighted by atomic mass is 10.2. The molecule has 1 heterocycles. The number of hydrogen-bond acceptors (Lipinski definition) is 1. The van der Waals surface area contributed by atoms with Crippen molar-refractivity contribution in [2.45, 2.75) is 13.8 Å². The number of benzene rings is 1. The summed E-state index contributed by atoms with van der Waals surface area (Å²) in [6, 6.07) is 9.89. The summed E-state index contributed by atoms with van der Waals surface area (Å²) in [5.74, 6) is 0. The van der Waals surface area contributed by atoms with Crippen LogP contribution in [0.5, 0.6) is 0 Å². The molecule has 0 aliphatic rings. The molecule has 0 saturated carbocycles. The van der Waals surface area contributed by atoms with E-state index in [1.807, 2.05) is 44.2 Å². The molecule has 0 unspecified atom stereocenters. The number of hydrogen-bond donors (Lipinski definition) is 0. The van der Waals surface area contributed by atoms with Gasteiger partial charge in [-0.25, -0.2) is 4.68 Å². The Morgan fingerprint density at radius 1 is 1.21 bits per heavy atom. The van der Waals surface area contributed by atoms with Crippen molar-refractivity contribution in [2.24, 2.45) is 0 Å². The fourth-order valence-electron chi connectivity index (χ4n) is 1.44. The first kappa shape index (κ1) is 9.28. The summed E-state index contributed by atoms with van der Waals surface area (Å²) in [6.45, 7) is 3.98. The lowest BCUT2D eigenvalue weighted by Gasteiger charge is -2.05. The van der Waals surface area contributed by atoms with E-state index in [1.165, 1.54) is 0 Å². The van der Waals surface area contributed by atoms with Gasteiger partial charge in [-0.1, -0.05) is 29.8 Å². The quantitative estimate of drug-likeness (QED) is 0.701. The van der Waals surface area contributed by atoms with Crippen LogP contribution >= 0.6 is 11.6 Å². The van der Waals surface area contributed by atoms with E-state index in [9.17, 15) is 0 Å². The SMILES string of the molecule is Cc1cc(Cl)n(-c2ccccc2C)n1. The first-order valence-electron chi connectivity index (χ1n) is 4.46. The van der Waals surface area contributed by atoms with Gasteiger partial charge in [0.05, 0.1) is 11.4 Å². The standard InChI is InChI=1S/C11H11ClN2/c1-8-5-3-4-6-10(8)14-11(12)7-9(2)13-14/h3-7H,1-2H3. The highest BCUT2D eigenvalue weighted by molar-refractivity contribution is 6.29. The van der Waals surface area contributed by atoms with Gasteiger partial charge in [0.2, 0.25) is 0 Å². The van der Waals surface area contributed by atoms with E-state index in [0.717, 1.165) is 16.9 Å². The number of para-hydroxylation sites is 1. The Hall–Kier alpha value is -1.28. The van der Waals surface area contributed by atoms with Crippen LogP contribution in [0, 0.1) is 13.8 Å². The molecule has 14 heavy (non-hydrogen) atoms. The molecule has 0 aliphatic carbocycles. The van der Waals surface area contributed by atoms with Crippen molar-refractivity contribution in [3.8, 4) is 5.69 Å². The van der Waals surface area contributed by atoms with Crippen LogP contribution in [0.25, 0.3) is 5.69 Å². The van der Waals surface area contributed by atoms with Crippen molar-refractivity contribution in [3.63, 3.8) is 0 Å². The second-order valence-electron chi connectivity index (χ2n) is 3.31. The lowest BCUT2D eigenvalue weighted by molar-refractivity contribution is 0.856.